The van der Waals surface area contributed by atoms with E-state index in [-0.39, 0.29) is 17.3 Å². The molecule has 1 rings (SSSR count). The van der Waals surface area contributed by atoms with Gasteiger partial charge in [0.1, 0.15) is 0 Å². The van der Waals surface area contributed by atoms with Crippen LogP contribution < -0.4 is 0 Å². The lowest BCUT2D eigenvalue weighted by Gasteiger charge is -2.27. The fourth-order valence-corrected chi connectivity index (χ4v) is 3.28. The van der Waals surface area contributed by atoms with Gasteiger partial charge in [-0.25, -0.2) is 8.42 Å². The zero-order chi connectivity index (χ0) is 13.1. The van der Waals surface area contributed by atoms with Crippen LogP contribution in [0.3, 0.4) is 0 Å². The highest BCUT2D eigenvalue weighted by atomic mass is 32.2. The maximum atomic E-state index is 12.0. The van der Waals surface area contributed by atoms with E-state index >= 15 is 0 Å². The predicted octanol–water partition coefficient (Wildman–Crippen LogP) is 0.840. The van der Waals surface area contributed by atoms with Gasteiger partial charge in [-0.3, -0.25) is 0 Å². The Morgan fingerprint density at radius 2 is 1.76 bits per heavy atom. The number of sulfone groups is 1. The van der Waals surface area contributed by atoms with Crippen molar-refractivity contribution in [3.8, 4) is 0 Å². The first kappa shape index (κ1) is 14.2. The Kier molecular flexibility index (Phi) is 4.30. The van der Waals surface area contributed by atoms with Crippen molar-refractivity contribution in [3.05, 3.63) is 30.3 Å². The highest BCUT2D eigenvalue weighted by Crippen LogP contribution is 2.21. The van der Waals surface area contributed by atoms with E-state index in [2.05, 4.69) is 0 Å². The number of hydrogen-bond acceptors (Lipinski definition) is 4. The molecule has 0 unspecified atom stereocenters. The van der Waals surface area contributed by atoms with Gasteiger partial charge >= 0.3 is 0 Å². The molecule has 0 heterocycles. The summed E-state index contributed by atoms with van der Waals surface area (Å²) in [5.74, 6) is -0.968. The second kappa shape index (κ2) is 5.16. The van der Waals surface area contributed by atoms with Crippen molar-refractivity contribution in [1.82, 2.24) is 0 Å². The molecule has 4 nitrogen and oxygen atoms in total. The molecule has 0 spiro atoms. The maximum Gasteiger partial charge on any atom is 0.178 e. The zero-order valence-electron chi connectivity index (χ0n) is 10.00. The minimum atomic E-state index is -3.47. The molecule has 0 radical (unpaired) electrons. The van der Waals surface area contributed by atoms with Crippen LogP contribution in [0.2, 0.25) is 0 Å². The van der Waals surface area contributed by atoms with E-state index in [1.807, 2.05) is 0 Å². The lowest BCUT2D eigenvalue weighted by atomic mass is 9.94. The molecule has 0 amide bonds. The Labute approximate surface area is 102 Å². The summed E-state index contributed by atoms with van der Waals surface area (Å²) >= 11 is 0. The molecule has 0 fully saturated rings. The molecule has 5 heteroatoms. The van der Waals surface area contributed by atoms with Crippen molar-refractivity contribution in [2.24, 2.45) is 5.92 Å². The smallest absolute Gasteiger partial charge is 0.178 e. The molecule has 0 aliphatic rings. The molecule has 0 aromatic heterocycles. The van der Waals surface area contributed by atoms with Crippen molar-refractivity contribution >= 4 is 9.84 Å². The van der Waals surface area contributed by atoms with Gasteiger partial charge in [-0.1, -0.05) is 18.2 Å². The van der Waals surface area contributed by atoms with Crippen LogP contribution in [-0.4, -0.2) is 36.6 Å². The van der Waals surface area contributed by atoms with Gasteiger partial charge in [-0.05, 0) is 26.0 Å². The average molecular weight is 258 g/mol. The summed E-state index contributed by atoms with van der Waals surface area (Å²) in [7, 11) is -3.47. The molecule has 0 bridgehead atoms. The first-order valence-electron chi connectivity index (χ1n) is 5.38. The summed E-state index contributed by atoms with van der Waals surface area (Å²) in [6, 6.07) is 8.04. The van der Waals surface area contributed by atoms with Gasteiger partial charge < -0.3 is 10.2 Å². The lowest BCUT2D eigenvalue weighted by Crippen LogP contribution is -2.38. The summed E-state index contributed by atoms with van der Waals surface area (Å²) in [5.41, 5.74) is -1.23. The largest absolute Gasteiger partial charge is 0.396 e. The van der Waals surface area contributed by atoms with E-state index in [9.17, 15) is 13.5 Å². The van der Waals surface area contributed by atoms with Crippen molar-refractivity contribution in [2.45, 2.75) is 24.3 Å². The van der Waals surface area contributed by atoms with Crippen LogP contribution in [0.15, 0.2) is 35.2 Å². The minimum absolute atomic E-state index is 0.211. The van der Waals surface area contributed by atoms with Crippen LogP contribution >= 0.6 is 0 Å². The molecule has 0 saturated carbocycles. The van der Waals surface area contributed by atoms with Crippen LogP contribution in [-0.2, 0) is 9.84 Å². The number of aliphatic hydroxyl groups is 2. The van der Waals surface area contributed by atoms with Crippen molar-refractivity contribution in [1.29, 1.82) is 0 Å². The van der Waals surface area contributed by atoms with Gasteiger partial charge in [0.15, 0.2) is 9.84 Å². The second-order valence-corrected chi connectivity index (χ2v) is 6.66. The first-order valence-corrected chi connectivity index (χ1v) is 7.03. The molecule has 96 valence electrons. The maximum absolute atomic E-state index is 12.0. The zero-order valence-corrected chi connectivity index (χ0v) is 10.8. The highest BCUT2D eigenvalue weighted by Gasteiger charge is 2.31. The molecule has 1 atom stereocenters. The summed E-state index contributed by atoms with van der Waals surface area (Å²) in [5, 5.41) is 18.9. The molecular formula is C12H18O4S. The van der Waals surface area contributed by atoms with Gasteiger partial charge in [0.25, 0.3) is 0 Å². The molecule has 0 aliphatic carbocycles. The highest BCUT2D eigenvalue weighted by molar-refractivity contribution is 7.91. The lowest BCUT2D eigenvalue weighted by molar-refractivity contribution is 0.00169. The fourth-order valence-electron chi connectivity index (χ4n) is 1.47. The average Bonchev–Trinajstić information content (AvgIpc) is 2.25. The van der Waals surface area contributed by atoms with E-state index in [1.54, 1.807) is 18.2 Å². The summed E-state index contributed by atoms with van der Waals surface area (Å²) < 4.78 is 24.1. The summed E-state index contributed by atoms with van der Waals surface area (Å²) in [4.78, 5) is 0.211. The number of rotatable bonds is 5. The minimum Gasteiger partial charge on any atom is -0.396 e. The number of benzene rings is 1. The van der Waals surface area contributed by atoms with Crippen LogP contribution in [0.4, 0.5) is 0 Å². The Morgan fingerprint density at radius 1 is 1.24 bits per heavy atom. The van der Waals surface area contributed by atoms with Crippen molar-refractivity contribution in [3.63, 3.8) is 0 Å². The van der Waals surface area contributed by atoms with E-state index in [1.165, 1.54) is 26.0 Å². The van der Waals surface area contributed by atoms with E-state index in [4.69, 9.17) is 5.11 Å². The second-order valence-electron chi connectivity index (χ2n) is 4.63. The van der Waals surface area contributed by atoms with Gasteiger partial charge in [0.2, 0.25) is 0 Å². The van der Waals surface area contributed by atoms with Crippen LogP contribution in [0.5, 0.6) is 0 Å². The van der Waals surface area contributed by atoms with Gasteiger partial charge in [0.05, 0.1) is 16.2 Å². The monoisotopic (exact) mass is 258 g/mol. The molecule has 0 aliphatic heterocycles. The van der Waals surface area contributed by atoms with E-state index in [0.717, 1.165) is 0 Å². The standard InChI is InChI=1S/C12H18O4S/c1-12(2,14)10(8-13)9-17(15,16)11-6-4-3-5-7-11/h3-7,10,13-14H,8-9H2,1-2H3/t10-/m1/s1. The normalized spacial score (nSPS) is 14.6. The Hall–Kier alpha value is -0.910. The van der Waals surface area contributed by atoms with E-state index < -0.39 is 21.4 Å². The SMILES string of the molecule is CC(C)(O)[C@H](CO)CS(=O)(=O)c1ccccc1. The van der Waals surface area contributed by atoms with Crippen LogP contribution in [0, 0.1) is 5.92 Å². The van der Waals surface area contributed by atoms with E-state index in [0.29, 0.717) is 0 Å². The number of hydrogen-bond donors (Lipinski definition) is 2. The van der Waals surface area contributed by atoms with Gasteiger partial charge in [-0.2, -0.15) is 0 Å². The molecule has 2 N–H and O–H groups in total. The molecule has 1 aromatic rings. The Morgan fingerprint density at radius 3 is 2.18 bits per heavy atom. The van der Waals surface area contributed by atoms with Crippen molar-refractivity contribution < 1.29 is 18.6 Å². The Bertz CT molecular complexity index is 445. The van der Waals surface area contributed by atoms with Crippen LogP contribution in [0.1, 0.15) is 13.8 Å². The first-order chi connectivity index (χ1) is 7.77. The fraction of sp³-hybridized carbons (Fsp3) is 0.500. The van der Waals surface area contributed by atoms with Crippen molar-refractivity contribution in [2.75, 3.05) is 12.4 Å². The summed E-state index contributed by atoms with van der Waals surface area (Å²) in [6.45, 7) is 2.62. The molecule has 1 aromatic carbocycles. The number of aliphatic hydroxyl groups excluding tert-OH is 1. The van der Waals surface area contributed by atoms with Gasteiger partial charge in [0, 0.05) is 12.5 Å². The Balaban J connectivity index is 2.95. The van der Waals surface area contributed by atoms with Gasteiger partial charge in [-0.15, -0.1) is 0 Å². The quantitative estimate of drug-likeness (QED) is 0.820. The third-order valence-electron chi connectivity index (χ3n) is 2.74. The molecule has 0 saturated heterocycles. The third-order valence-corrected chi connectivity index (χ3v) is 4.57. The van der Waals surface area contributed by atoms with Crippen LogP contribution in [0.25, 0.3) is 0 Å². The molecule has 17 heavy (non-hydrogen) atoms. The third kappa shape index (κ3) is 3.80. The predicted molar refractivity (Wildman–Crippen MR) is 65.4 cm³/mol. The summed E-state index contributed by atoms with van der Waals surface area (Å²) in [6.07, 6.45) is 0. The topological polar surface area (TPSA) is 74.6 Å². The molecular weight excluding hydrogens is 240 g/mol.